The van der Waals surface area contributed by atoms with Gasteiger partial charge in [-0.05, 0) is 11.1 Å². The number of aliphatic hydroxyl groups excluding tert-OH is 1. The van der Waals surface area contributed by atoms with E-state index in [0.29, 0.717) is 28.3 Å². The van der Waals surface area contributed by atoms with E-state index in [4.69, 9.17) is 0 Å². The lowest BCUT2D eigenvalue weighted by Gasteiger charge is -2.25. The summed E-state index contributed by atoms with van der Waals surface area (Å²) in [5, 5.41) is 13.3. The molecule has 1 aliphatic carbocycles. The van der Waals surface area contributed by atoms with Crippen molar-refractivity contribution in [1.82, 2.24) is 25.3 Å². The van der Waals surface area contributed by atoms with Gasteiger partial charge >= 0.3 is 0 Å². The Morgan fingerprint density at radius 2 is 2.11 bits per heavy atom. The predicted molar refractivity (Wildman–Crippen MR) is 106 cm³/mol. The second-order valence-corrected chi connectivity index (χ2v) is 7.88. The molecule has 3 N–H and O–H groups in total. The summed E-state index contributed by atoms with van der Waals surface area (Å²) >= 11 is 1.52. The largest absolute Gasteiger partial charge is 0.388 e. The van der Waals surface area contributed by atoms with Crippen molar-refractivity contribution in [3.63, 3.8) is 0 Å². The van der Waals surface area contributed by atoms with E-state index >= 15 is 0 Å². The number of aromatic nitrogens is 4. The Balaban J connectivity index is 1.39. The molecular formula is C19H18N6O2S. The number of hydrogen-bond donors (Lipinski definition) is 3. The number of anilines is 1. The fraction of sp³-hybridized carbons (Fsp3) is 0.263. The fourth-order valence-corrected chi connectivity index (χ4v) is 4.63. The molecule has 8 nitrogen and oxygen atoms in total. The number of imidazole rings is 1. The highest BCUT2D eigenvalue weighted by Crippen LogP contribution is 2.39. The molecule has 1 aromatic carbocycles. The topological polar surface area (TPSA) is 107 Å². The first-order valence-corrected chi connectivity index (χ1v) is 10.0. The van der Waals surface area contributed by atoms with Crippen molar-refractivity contribution in [3.05, 3.63) is 59.2 Å². The third-order valence-corrected chi connectivity index (χ3v) is 6.04. The maximum absolute atomic E-state index is 12.9. The van der Waals surface area contributed by atoms with Gasteiger partial charge in [0, 0.05) is 24.9 Å². The zero-order valence-electron chi connectivity index (χ0n) is 14.9. The molecule has 0 saturated carbocycles. The molecular weight excluding hydrogens is 376 g/mol. The monoisotopic (exact) mass is 394 g/mol. The van der Waals surface area contributed by atoms with E-state index in [1.165, 1.54) is 18.1 Å². The van der Waals surface area contributed by atoms with Gasteiger partial charge in [-0.15, -0.1) is 11.8 Å². The number of fused-ring (bicyclic) bond motifs is 2. The molecule has 2 aromatic heterocycles. The van der Waals surface area contributed by atoms with Crippen LogP contribution in [0.2, 0.25) is 0 Å². The number of carbonyl (C=O) groups is 1. The second-order valence-electron chi connectivity index (χ2n) is 6.74. The Morgan fingerprint density at radius 1 is 1.25 bits per heavy atom. The number of amides is 1. The smallest absolute Gasteiger partial charge is 0.259 e. The third kappa shape index (κ3) is 2.92. The van der Waals surface area contributed by atoms with Gasteiger partial charge in [0.1, 0.15) is 6.33 Å². The quantitative estimate of drug-likeness (QED) is 0.624. The number of hydrogen-bond acceptors (Lipinski definition) is 7. The number of aromatic amines is 1. The molecule has 0 fully saturated rings. The second kappa shape index (κ2) is 6.92. The van der Waals surface area contributed by atoms with E-state index in [1.807, 2.05) is 35.4 Å². The molecule has 0 unspecified atom stereocenters. The summed E-state index contributed by atoms with van der Waals surface area (Å²) in [6, 6.07) is 7.51. The molecule has 3 heterocycles. The van der Waals surface area contributed by atoms with Crippen molar-refractivity contribution in [2.24, 2.45) is 0 Å². The zero-order valence-corrected chi connectivity index (χ0v) is 15.7. The Labute approximate surface area is 165 Å². The number of thioether (sulfide) groups is 1. The molecule has 1 aliphatic heterocycles. The number of rotatable bonds is 3. The number of nitrogens with one attached hydrogen (secondary N) is 2. The van der Waals surface area contributed by atoms with Crippen LogP contribution in [-0.4, -0.2) is 43.2 Å². The van der Waals surface area contributed by atoms with Gasteiger partial charge in [0.25, 0.3) is 5.91 Å². The third-order valence-electron chi connectivity index (χ3n) is 5.05. The van der Waals surface area contributed by atoms with Gasteiger partial charge in [-0.25, -0.2) is 15.0 Å². The Hall–Kier alpha value is -2.91. The van der Waals surface area contributed by atoms with Gasteiger partial charge in [-0.3, -0.25) is 4.79 Å². The van der Waals surface area contributed by atoms with Crippen LogP contribution < -0.4 is 10.2 Å². The number of benzene rings is 1. The predicted octanol–water partition coefficient (Wildman–Crippen LogP) is 2.04. The summed E-state index contributed by atoms with van der Waals surface area (Å²) in [6.45, 7) is 0.728. The van der Waals surface area contributed by atoms with Gasteiger partial charge in [0.05, 0.1) is 23.4 Å². The summed E-state index contributed by atoms with van der Waals surface area (Å²) in [7, 11) is 0. The van der Waals surface area contributed by atoms with Gasteiger partial charge in [-0.2, -0.15) is 0 Å². The molecule has 0 radical (unpaired) electrons. The molecule has 9 heteroatoms. The summed E-state index contributed by atoms with van der Waals surface area (Å²) in [5.74, 6) is 1.30. The molecule has 3 aromatic rings. The first-order valence-electron chi connectivity index (χ1n) is 9.04. The summed E-state index contributed by atoms with van der Waals surface area (Å²) in [5.41, 5.74) is 3.22. The first kappa shape index (κ1) is 17.2. The summed E-state index contributed by atoms with van der Waals surface area (Å²) in [4.78, 5) is 31.2. The highest BCUT2D eigenvalue weighted by Gasteiger charge is 2.31. The molecule has 5 rings (SSSR count). The standard InChI is InChI=1S/C19H18N6O2S/c26-14-7-13(11-3-1-2-4-12(11)14)24-19(27)15-8-25(5-6-28-15)18-16-17(21-9-20-16)22-10-23-18/h1-4,8-10,13-14,26H,5-7H2,(H,24,27)(H,20,21,22,23)/t13-,14-/m0/s1. The van der Waals surface area contributed by atoms with Crippen LogP contribution in [0.25, 0.3) is 11.2 Å². The minimum atomic E-state index is -0.542. The molecule has 2 atom stereocenters. The maximum atomic E-state index is 12.9. The van der Waals surface area contributed by atoms with E-state index in [-0.39, 0.29) is 11.9 Å². The minimum absolute atomic E-state index is 0.143. The Morgan fingerprint density at radius 3 is 3.00 bits per heavy atom. The van der Waals surface area contributed by atoms with Gasteiger partial charge in [0.2, 0.25) is 0 Å². The normalized spacial score (nSPS) is 21.5. The molecule has 28 heavy (non-hydrogen) atoms. The first-order chi connectivity index (χ1) is 13.7. The van der Waals surface area contributed by atoms with E-state index in [1.54, 1.807) is 6.33 Å². The summed E-state index contributed by atoms with van der Waals surface area (Å²) < 4.78 is 0. The van der Waals surface area contributed by atoms with Crippen molar-refractivity contribution >= 4 is 34.7 Å². The van der Waals surface area contributed by atoms with Crippen molar-refractivity contribution < 1.29 is 9.90 Å². The SMILES string of the molecule is O=C(N[C@H]1C[C@H](O)c2ccccc21)C1=CN(c2ncnc3[nH]cnc23)CCS1. The number of H-pyrrole nitrogens is 1. The number of aliphatic hydroxyl groups is 1. The van der Waals surface area contributed by atoms with Crippen LogP contribution in [0, 0.1) is 0 Å². The molecule has 1 amide bonds. The molecule has 0 bridgehead atoms. The van der Waals surface area contributed by atoms with Crippen LogP contribution in [0.4, 0.5) is 5.82 Å². The van der Waals surface area contributed by atoms with E-state index < -0.39 is 6.10 Å². The lowest BCUT2D eigenvalue weighted by atomic mass is 10.1. The summed E-state index contributed by atoms with van der Waals surface area (Å²) in [6.07, 6.45) is 4.84. The van der Waals surface area contributed by atoms with Gasteiger partial charge in [0.15, 0.2) is 17.0 Å². The zero-order chi connectivity index (χ0) is 19.1. The van der Waals surface area contributed by atoms with Crippen molar-refractivity contribution in [2.75, 3.05) is 17.2 Å². The van der Waals surface area contributed by atoms with Crippen molar-refractivity contribution in [1.29, 1.82) is 0 Å². The highest BCUT2D eigenvalue weighted by atomic mass is 32.2. The van der Waals surface area contributed by atoms with E-state index in [9.17, 15) is 9.90 Å². The lowest BCUT2D eigenvalue weighted by Crippen LogP contribution is -2.32. The lowest BCUT2D eigenvalue weighted by molar-refractivity contribution is -0.117. The molecule has 2 aliphatic rings. The molecule has 0 saturated heterocycles. The van der Waals surface area contributed by atoms with Crippen LogP contribution in [0.5, 0.6) is 0 Å². The van der Waals surface area contributed by atoms with Crippen LogP contribution in [0.3, 0.4) is 0 Å². The van der Waals surface area contributed by atoms with Gasteiger partial charge in [-0.1, -0.05) is 24.3 Å². The molecule has 0 spiro atoms. The molecule has 142 valence electrons. The van der Waals surface area contributed by atoms with Crippen molar-refractivity contribution in [2.45, 2.75) is 18.6 Å². The van der Waals surface area contributed by atoms with E-state index in [0.717, 1.165) is 23.4 Å². The maximum Gasteiger partial charge on any atom is 0.259 e. The van der Waals surface area contributed by atoms with Gasteiger partial charge < -0.3 is 20.3 Å². The average molecular weight is 394 g/mol. The fourth-order valence-electron chi connectivity index (χ4n) is 3.73. The Bertz CT molecular complexity index is 1080. The van der Waals surface area contributed by atoms with Crippen LogP contribution in [0.1, 0.15) is 29.7 Å². The van der Waals surface area contributed by atoms with Crippen LogP contribution in [-0.2, 0) is 4.79 Å². The number of carbonyl (C=O) groups excluding carboxylic acids is 1. The average Bonchev–Trinajstić information content (AvgIpc) is 3.33. The Kier molecular flexibility index (Phi) is 4.25. The van der Waals surface area contributed by atoms with Crippen LogP contribution >= 0.6 is 11.8 Å². The van der Waals surface area contributed by atoms with Crippen molar-refractivity contribution in [3.8, 4) is 0 Å². The van der Waals surface area contributed by atoms with E-state index in [2.05, 4.69) is 25.3 Å². The minimum Gasteiger partial charge on any atom is -0.388 e. The number of nitrogens with zero attached hydrogens (tertiary/aromatic N) is 4. The van der Waals surface area contributed by atoms with Crippen LogP contribution in [0.15, 0.2) is 48.0 Å². The highest BCUT2D eigenvalue weighted by molar-refractivity contribution is 8.04.